The van der Waals surface area contributed by atoms with Gasteiger partial charge in [0.25, 0.3) is 10.1 Å². The summed E-state index contributed by atoms with van der Waals surface area (Å²) in [6.45, 7) is 8.41. The number of hydrogen-bond donors (Lipinski definition) is 1. The summed E-state index contributed by atoms with van der Waals surface area (Å²) < 4.78 is 25.5. The minimum Gasteiger partial charge on any atom is -0.198 e. The van der Waals surface area contributed by atoms with Gasteiger partial charge in [0.1, 0.15) is 5.75 Å². The lowest BCUT2D eigenvalue weighted by Gasteiger charge is -2.01. The smallest absolute Gasteiger partial charge is 0.198 e. The number of benzene rings is 2. The highest BCUT2D eigenvalue weighted by Crippen LogP contribution is 2.11. The summed E-state index contributed by atoms with van der Waals surface area (Å²) in [5, 5.41) is 0. The van der Waals surface area contributed by atoms with Crippen molar-refractivity contribution in [2.24, 2.45) is 5.90 Å². The molecule has 4 nitrogen and oxygen atoms in total. The Bertz CT molecular complexity index is 677. The van der Waals surface area contributed by atoms with Gasteiger partial charge in [-0.15, -0.1) is 0 Å². The van der Waals surface area contributed by atoms with Crippen LogP contribution in [-0.4, -0.2) is 8.42 Å². The third-order valence-corrected chi connectivity index (χ3v) is 4.11. The summed E-state index contributed by atoms with van der Waals surface area (Å²) in [4.78, 5) is 0. The first-order chi connectivity index (χ1) is 11.9. The highest BCUT2D eigenvalue weighted by Gasteiger charge is 2.09. The molecule has 25 heavy (non-hydrogen) atoms. The molecule has 0 spiro atoms. The predicted molar refractivity (Wildman–Crippen MR) is 105 cm³/mol. The van der Waals surface area contributed by atoms with Gasteiger partial charge in [0.2, 0.25) is 0 Å². The van der Waals surface area contributed by atoms with E-state index < -0.39 is 10.1 Å². The summed E-state index contributed by atoms with van der Waals surface area (Å²) in [5.74, 6) is 5.03. The Morgan fingerprint density at radius 2 is 1.36 bits per heavy atom. The van der Waals surface area contributed by atoms with Crippen LogP contribution in [-0.2, 0) is 20.2 Å². The molecule has 0 saturated heterocycles. The van der Waals surface area contributed by atoms with Gasteiger partial charge in [-0.1, -0.05) is 86.7 Å². The van der Waals surface area contributed by atoms with E-state index in [1.807, 2.05) is 32.1 Å². The molecule has 0 amide bonds. The van der Waals surface area contributed by atoms with Crippen LogP contribution in [0.15, 0.2) is 72.8 Å². The first-order valence-corrected chi connectivity index (χ1v) is 9.71. The molecule has 0 unspecified atom stereocenters. The third kappa shape index (κ3) is 12.1. The van der Waals surface area contributed by atoms with Gasteiger partial charge in [-0.05, 0) is 30.9 Å². The number of nitrogens with two attached hydrogens (primary N) is 1. The van der Waals surface area contributed by atoms with Crippen molar-refractivity contribution < 1.29 is 12.7 Å². The zero-order valence-corrected chi connectivity index (χ0v) is 16.2. The fraction of sp³-hybridized carbons (Fsp3) is 0.300. The van der Waals surface area contributed by atoms with Crippen LogP contribution in [0.25, 0.3) is 0 Å². The molecule has 2 aromatic rings. The van der Waals surface area contributed by atoms with Crippen molar-refractivity contribution in [3.05, 3.63) is 83.9 Å². The van der Waals surface area contributed by atoms with E-state index in [0.717, 1.165) is 0 Å². The van der Waals surface area contributed by atoms with E-state index in [9.17, 15) is 8.42 Å². The van der Waals surface area contributed by atoms with Crippen LogP contribution >= 0.6 is 0 Å². The van der Waals surface area contributed by atoms with Gasteiger partial charge in [-0.2, -0.15) is 18.6 Å². The van der Waals surface area contributed by atoms with E-state index in [-0.39, 0.29) is 5.75 Å². The zero-order chi connectivity index (χ0) is 19.1. The van der Waals surface area contributed by atoms with Gasteiger partial charge in [0, 0.05) is 0 Å². The van der Waals surface area contributed by atoms with Gasteiger partial charge in [0.15, 0.2) is 0 Å². The van der Waals surface area contributed by atoms with Gasteiger partial charge in [0.05, 0.1) is 0 Å². The molecular weight excluding hydrogens is 334 g/mol. The maximum atomic E-state index is 10.8. The second-order valence-electron chi connectivity index (χ2n) is 5.52. The van der Waals surface area contributed by atoms with Crippen LogP contribution in [0.2, 0.25) is 0 Å². The molecule has 138 valence electrons. The molecule has 2 aromatic carbocycles. The Hall–Kier alpha value is -1.95. The zero-order valence-electron chi connectivity index (χ0n) is 15.4. The Labute approximate surface area is 152 Å². The van der Waals surface area contributed by atoms with E-state index in [1.54, 1.807) is 30.3 Å². The fourth-order valence-electron chi connectivity index (χ4n) is 1.65. The van der Waals surface area contributed by atoms with Gasteiger partial charge < -0.3 is 0 Å². The molecule has 2 N–H and O–H groups in total. The normalized spacial score (nSPS) is 10.6. The predicted octanol–water partition coefficient (Wildman–Crippen LogP) is 4.80. The van der Waals surface area contributed by atoms with Crippen LogP contribution in [0.5, 0.6) is 0 Å². The minimum atomic E-state index is -3.59. The molecule has 0 aliphatic carbocycles. The number of allylic oxidation sites excluding steroid dienone is 2. The number of hydrogen-bond acceptors (Lipinski definition) is 4. The summed E-state index contributed by atoms with van der Waals surface area (Å²) in [6.07, 6.45) is 4.00. The second-order valence-corrected chi connectivity index (χ2v) is 7.11. The Kier molecular flexibility index (Phi) is 12.3. The first kappa shape index (κ1) is 23.1. The van der Waals surface area contributed by atoms with E-state index in [0.29, 0.717) is 11.5 Å². The SMILES string of the molecule is CC(C)c1ccccc1.CC=CC.NOS(=O)(=O)Cc1ccccc1. The van der Waals surface area contributed by atoms with Crippen LogP contribution in [0.4, 0.5) is 0 Å². The topological polar surface area (TPSA) is 69.4 Å². The minimum absolute atomic E-state index is 0.190. The third-order valence-electron chi connectivity index (χ3n) is 3.13. The molecule has 0 aliphatic heterocycles. The molecule has 0 aromatic heterocycles. The molecule has 5 heteroatoms. The van der Waals surface area contributed by atoms with Crippen molar-refractivity contribution >= 4 is 10.1 Å². The Balaban J connectivity index is 0.000000391. The highest BCUT2D eigenvalue weighted by molar-refractivity contribution is 7.85. The molecule has 0 heterocycles. The molecule has 0 fully saturated rings. The van der Waals surface area contributed by atoms with Crippen molar-refractivity contribution in [1.82, 2.24) is 0 Å². The van der Waals surface area contributed by atoms with E-state index in [2.05, 4.69) is 48.3 Å². The summed E-state index contributed by atoms with van der Waals surface area (Å²) in [6, 6.07) is 19.2. The maximum Gasteiger partial charge on any atom is 0.287 e. The molecule has 0 aliphatic rings. The largest absolute Gasteiger partial charge is 0.287 e. The molecule has 0 atom stereocenters. The summed E-state index contributed by atoms with van der Waals surface area (Å²) in [7, 11) is -3.59. The standard InChI is InChI=1S/C9H12.C7H9NO3S.C4H8/c1-8(2)9-6-4-3-5-7-9;8-11-12(9,10)6-7-4-2-1-3-5-7;1-3-4-2/h3-8H,1-2H3;1-5H,6,8H2;3-4H,1-2H3. The monoisotopic (exact) mass is 363 g/mol. The van der Waals surface area contributed by atoms with Crippen LogP contribution in [0.3, 0.4) is 0 Å². The van der Waals surface area contributed by atoms with Crippen molar-refractivity contribution in [3.63, 3.8) is 0 Å². The average molecular weight is 364 g/mol. The van der Waals surface area contributed by atoms with Crippen LogP contribution in [0, 0.1) is 0 Å². The summed E-state index contributed by atoms with van der Waals surface area (Å²) in [5.41, 5.74) is 2.07. The quantitative estimate of drug-likeness (QED) is 0.626. The van der Waals surface area contributed by atoms with E-state index >= 15 is 0 Å². The van der Waals surface area contributed by atoms with Gasteiger partial charge in [-0.25, -0.2) is 0 Å². The lowest BCUT2D eigenvalue weighted by molar-refractivity contribution is 0.332. The summed E-state index contributed by atoms with van der Waals surface area (Å²) >= 11 is 0. The number of rotatable bonds is 4. The lowest BCUT2D eigenvalue weighted by Crippen LogP contribution is -2.12. The molecule has 0 radical (unpaired) electrons. The first-order valence-electron chi connectivity index (χ1n) is 8.13. The Morgan fingerprint density at radius 3 is 1.68 bits per heavy atom. The molecule has 0 saturated carbocycles. The van der Waals surface area contributed by atoms with Crippen molar-refractivity contribution in [3.8, 4) is 0 Å². The van der Waals surface area contributed by atoms with Crippen LogP contribution in [0.1, 0.15) is 44.7 Å². The van der Waals surface area contributed by atoms with E-state index in [4.69, 9.17) is 0 Å². The second kappa shape index (κ2) is 13.4. The molecule has 0 bridgehead atoms. The Morgan fingerprint density at radius 1 is 0.920 bits per heavy atom. The van der Waals surface area contributed by atoms with Crippen molar-refractivity contribution in [2.45, 2.75) is 39.4 Å². The highest BCUT2D eigenvalue weighted by atomic mass is 32.2. The van der Waals surface area contributed by atoms with Crippen molar-refractivity contribution in [1.29, 1.82) is 0 Å². The van der Waals surface area contributed by atoms with Crippen molar-refractivity contribution in [2.75, 3.05) is 0 Å². The molecule has 2 rings (SSSR count). The molecular formula is C20H29NO3S. The van der Waals surface area contributed by atoms with Gasteiger partial charge >= 0.3 is 0 Å². The van der Waals surface area contributed by atoms with Gasteiger partial charge in [-0.3, -0.25) is 0 Å². The average Bonchev–Trinajstić information content (AvgIpc) is 2.63. The maximum absolute atomic E-state index is 10.8. The fourth-order valence-corrected chi connectivity index (χ4v) is 2.32. The van der Waals surface area contributed by atoms with Crippen LogP contribution < -0.4 is 5.90 Å². The lowest BCUT2D eigenvalue weighted by atomic mass is 10.0. The van der Waals surface area contributed by atoms with E-state index in [1.165, 1.54) is 5.56 Å².